The van der Waals surface area contributed by atoms with Crippen molar-refractivity contribution in [3.05, 3.63) is 0 Å². The van der Waals surface area contributed by atoms with Gasteiger partial charge in [0.25, 0.3) is 0 Å². The Kier molecular flexibility index (Phi) is 7.40. The van der Waals surface area contributed by atoms with Crippen LogP contribution < -0.4 is 0 Å². The average Bonchev–Trinajstić information content (AvgIpc) is 1.96. The summed E-state index contributed by atoms with van der Waals surface area (Å²) >= 11 is 4.64. The average molecular weight is 139 g/mol. The lowest BCUT2D eigenvalue weighted by molar-refractivity contribution is -0.0334. The Labute approximate surface area is 54.7 Å². The third-order valence-corrected chi connectivity index (χ3v) is 0.744. The molecule has 0 spiro atoms. The lowest BCUT2D eigenvalue weighted by Gasteiger charge is -2.09. The molecular weight excluding hydrogens is 128 g/mol. The molecule has 1 aliphatic rings. The quantitative estimate of drug-likeness (QED) is 0.463. The van der Waals surface area contributed by atoms with Gasteiger partial charge >= 0.3 is 0 Å². The second kappa shape index (κ2) is 7.21. The molecule has 1 fully saturated rings. The number of hydrogen-bond donors (Lipinski definition) is 0. The third-order valence-electron chi connectivity index (χ3n) is 0.744. The molecule has 0 N–H and O–H groups in total. The molecule has 1 aliphatic heterocycles. The zero-order valence-corrected chi connectivity index (χ0v) is 5.78. The van der Waals surface area contributed by atoms with E-state index in [9.17, 15) is 0 Å². The van der Waals surface area contributed by atoms with E-state index in [0.29, 0.717) is 0 Å². The number of alkyl halides is 1. The molecule has 0 aromatic rings. The van der Waals surface area contributed by atoms with Gasteiger partial charge in [-0.05, 0) is 0 Å². The summed E-state index contributed by atoms with van der Waals surface area (Å²) in [4.78, 5) is 0. The van der Waals surface area contributed by atoms with Crippen LogP contribution in [0.5, 0.6) is 0 Å². The van der Waals surface area contributed by atoms with Gasteiger partial charge in [-0.15, -0.1) is 11.6 Å². The first kappa shape index (κ1) is 8.21. The number of ether oxygens (including phenoxy) is 2. The first-order valence-corrected chi connectivity index (χ1v) is 3.29. The Balaban J connectivity index is 0.000000222. The Morgan fingerprint density at radius 3 is 1.25 bits per heavy atom. The van der Waals surface area contributed by atoms with Crippen LogP contribution in [-0.2, 0) is 9.47 Å². The molecule has 1 heterocycles. The molecule has 0 saturated carbocycles. The van der Waals surface area contributed by atoms with E-state index in [1.165, 1.54) is 6.38 Å². The van der Waals surface area contributed by atoms with Crippen molar-refractivity contribution in [3.8, 4) is 0 Å². The van der Waals surface area contributed by atoms with Gasteiger partial charge in [-0.3, -0.25) is 0 Å². The minimum absolute atomic E-state index is 0.778. The van der Waals surface area contributed by atoms with Crippen LogP contribution in [-0.4, -0.2) is 32.8 Å². The van der Waals surface area contributed by atoms with Gasteiger partial charge in [0.15, 0.2) is 0 Å². The first-order valence-electron chi connectivity index (χ1n) is 2.53. The van der Waals surface area contributed by atoms with Gasteiger partial charge in [-0.25, -0.2) is 0 Å². The molecule has 3 heteroatoms. The van der Waals surface area contributed by atoms with Crippen LogP contribution in [0.4, 0.5) is 0 Å². The van der Waals surface area contributed by atoms with Crippen LogP contribution in [0.2, 0.25) is 0 Å². The lowest BCUT2D eigenvalue weighted by atomic mass is 10.6. The van der Waals surface area contributed by atoms with Crippen molar-refractivity contribution in [1.29, 1.82) is 0 Å². The molecule has 8 heavy (non-hydrogen) atoms. The van der Waals surface area contributed by atoms with E-state index >= 15 is 0 Å². The summed E-state index contributed by atoms with van der Waals surface area (Å²) in [5.74, 6) is 0. The maximum Gasteiger partial charge on any atom is 0.0701 e. The van der Waals surface area contributed by atoms with Gasteiger partial charge in [0.05, 0.1) is 26.4 Å². The summed E-state index contributed by atoms with van der Waals surface area (Å²) in [5, 5.41) is 0. The Morgan fingerprint density at radius 2 is 1.12 bits per heavy atom. The van der Waals surface area contributed by atoms with Crippen molar-refractivity contribution in [2.75, 3.05) is 32.8 Å². The molecule has 0 aromatic carbocycles. The van der Waals surface area contributed by atoms with Gasteiger partial charge in [0.2, 0.25) is 0 Å². The molecule has 0 aliphatic carbocycles. The van der Waals surface area contributed by atoms with E-state index in [-0.39, 0.29) is 0 Å². The van der Waals surface area contributed by atoms with E-state index in [1.54, 1.807) is 0 Å². The Hall–Kier alpha value is 0.210. The van der Waals surface area contributed by atoms with Gasteiger partial charge in [-0.1, -0.05) is 0 Å². The van der Waals surface area contributed by atoms with Gasteiger partial charge in [-0.2, -0.15) is 0 Å². The minimum atomic E-state index is 0.778. The highest BCUT2D eigenvalue weighted by atomic mass is 35.5. The van der Waals surface area contributed by atoms with Gasteiger partial charge < -0.3 is 9.47 Å². The lowest BCUT2D eigenvalue weighted by Crippen LogP contribution is -2.16. The fraction of sp³-hybridized carbons (Fsp3) is 1.00. The fourth-order valence-electron chi connectivity index (χ4n) is 0.440. The maximum atomic E-state index is 4.94. The van der Waals surface area contributed by atoms with E-state index in [4.69, 9.17) is 9.47 Å². The molecular formula is C5H11ClO2. The maximum absolute atomic E-state index is 4.94. The standard InChI is InChI=1S/C4H8O2.CH3Cl/c1-2-6-4-3-5-1;1-2/h1-4H2;1H3. The van der Waals surface area contributed by atoms with Crippen LogP contribution >= 0.6 is 11.6 Å². The Morgan fingerprint density at radius 1 is 0.875 bits per heavy atom. The van der Waals surface area contributed by atoms with Crippen molar-refractivity contribution in [2.24, 2.45) is 0 Å². The van der Waals surface area contributed by atoms with E-state index in [1.807, 2.05) is 0 Å². The second-order valence-electron chi connectivity index (χ2n) is 1.22. The second-order valence-corrected chi connectivity index (χ2v) is 1.22. The van der Waals surface area contributed by atoms with Crippen molar-refractivity contribution in [2.45, 2.75) is 0 Å². The molecule has 0 unspecified atom stereocenters. The Bertz CT molecular complexity index is 25.9. The molecule has 0 amide bonds. The summed E-state index contributed by atoms with van der Waals surface area (Å²) in [6, 6.07) is 0. The summed E-state index contributed by atoms with van der Waals surface area (Å²) in [6.07, 6.45) is 1.47. The molecule has 50 valence electrons. The van der Waals surface area contributed by atoms with Crippen LogP contribution in [0.15, 0.2) is 0 Å². The predicted octanol–water partition coefficient (Wildman–Crippen LogP) is 0.888. The largest absolute Gasteiger partial charge is 0.377 e. The summed E-state index contributed by atoms with van der Waals surface area (Å²) in [5.41, 5.74) is 0. The molecule has 0 aromatic heterocycles. The van der Waals surface area contributed by atoms with Crippen LogP contribution in [0.3, 0.4) is 0 Å². The molecule has 1 saturated heterocycles. The molecule has 1 rings (SSSR count). The van der Waals surface area contributed by atoms with Crippen LogP contribution in [0.25, 0.3) is 0 Å². The topological polar surface area (TPSA) is 18.5 Å². The smallest absolute Gasteiger partial charge is 0.0701 e. The summed E-state index contributed by atoms with van der Waals surface area (Å²) in [6.45, 7) is 3.11. The minimum Gasteiger partial charge on any atom is -0.377 e. The number of hydrogen-bond acceptors (Lipinski definition) is 2. The summed E-state index contributed by atoms with van der Waals surface area (Å²) < 4.78 is 9.89. The van der Waals surface area contributed by atoms with Crippen molar-refractivity contribution < 1.29 is 9.47 Å². The highest BCUT2D eigenvalue weighted by Gasteiger charge is 1.94. The van der Waals surface area contributed by atoms with E-state index < -0.39 is 0 Å². The van der Waals surface area contributed by atoms with Crippen molar-refractivity contribution in [1.82, 2.24) is 0 Å². The molecule has 0 radical (unpaired) electrons. The monoisotopic (exact) mass is 138 g/mol. The number of halogens is 1. The highest BCUT2D eigenvalue weighted by molar-refractivity contribution is 6.15. The molecule has 2 nitrogen and oxygen atoms in total. The highest BCUT2D eigenvalue weighted by Crippen LogP contribution is 1.85. The van der Waals surface area contributed by atoms with Crippen molar-refractivity contribution in [3.63, 3.8) is 0 Å². The third kappa shape index (κ3) is 4.37. The zero-order valence-electron chi connectivity index (χ0n) is 5.02. The predicted molar refractivity (Wildman–Crippen MR) is 33.4 cm³/mol. The van der Waals surface area contributed by atoms with Gasteiger partial charge in [0, 0.05) is 6.38 Å². The van der Waals surface area contributed by atoms with Crippen LogP contribution in [0.1, 0.15) is 0 Å². The van der Waals surface area contributed by atoms with Crippen LogP contribution in [0, 0.1) is 0 Å². The van der Waals surface area contributed by atoms with Gasteiger partial charge in [0.1, 0.15) is 0 Å². The SMILES string of the molecule is C1COCCO1.CCl. The normalized spacial score (nSPS) is 18.8. The first-order chi connectivity index (χ1) is 4.00. The van der Waals surface area contributed by atoms with E-state index in [0.717, 1.165) is 26.4 Å². The van der Waals surface area contributed by atoms with Crippen molar-refractivity contribution >= 4 is 11.6 Å². The molecule has 0 atom stereocenters. The summed E-state index contributed by atoms with van der Waals surface area (Å²) in [7, 11) is 0. The number of rotatable bonds is 0. The molecule has 0 bridgehead atoms. The zero-order chi connectivity index (χ0) is 6.24. The van der Waals surface area contributed by atoms with E-state index in [2.05, 4.69) is 11.6 Å². The fourth-order valence-corrected chi connectivity index (χ4v) is 0.440.